The van der Waals surface area contributed by atoms with Gasteiger partial charge in [-0.2, -0.15) is 0 Å². The molecule has 1 aliphatic heterocycles. The van der Waals surface area contributed by atoms with Crippen LogP contribution in [0.2, 0.25) is 0 Å². The van der Waals surface area contributed by atoms with E-state index in [1.54, 1.807) is 17.6 Å². The molecule has 3 aromatic rings. The normalized spacial score (nSPS) is 12.3. The lowest BCUT2D eigenvalue weighted by Crippen LogP contribution is -2.19. The van der Waals surface area contributed by atoms with E-state index in [0.29, 0.717) is 18.5 Å². The molecule has 0 fully saturated rings. The zero-order valence-electron chi connectivity index (χ0n) is 13.1. The van der Waals surface area contributed by atoms with Crippen LogP contribution >= 0.6 is 0 Å². The molecule has 0 spiro atoms. The van der Waals surface area contributed by atoms with Gasteiger partial charge in [0.15, 0.2) is 5.78 Å². The molecule has 4 nitrogen and oxygen atoms in total. The van der Waals surface area contributed by atoms with Crippen LogP contribution in [0.5, 0.6) is 0 Å². The third-order valence-electron chi connectivity index (χ3n) is 4.50. The first-order chi connectivity index (χ1) is 11.1. The molecule has 4 heteroatoms. The minimum absolute atomic E-state index is 0.0180. The number of aromatic nitrogens is 2. The van der Waals surface area contributed by atoms with E-state index in [4.69, 9.17) is 4.98 Å². The molecule has 114 valence electrons. The number of rotatable bonds is 2. The summed E-state index contributed by atoms with van der Waals surface area (Å²) in [4.78, 5) is 29.1. The summed E-state index contributed by atoms with van der Waals surface area (Å²) in [6, 6.07) is 11.4. The maximum atomic E-state index is 12.4. The van der Waals surface area contributed by atoms with Gasteiger partial charge in [-0.3, -0.25) is 9.59 Å². The van der Waals surface area contributed by atoms with Gasteiger partial charge in [-0.1, -0.05) is 19.1 Å². The molecule has 0 saturated carbocycles. The third kappa shape index (κ3) is 2.02. The highest BCUT2D eigenvalue weighted by Gasteiger charge is 2.23. The molecule has 3 heterocycles. The summed E-state index contributed by atoms with van der Waals surface area (Å²) < 4.78 is 1.69. The van der Waals surface area contributed by atoms with Crippen LogP contribution in [0.15, 0.2) is 41.2 Å². The second-order valence-electron chi connectivity index (χ2n) is 5.97. The van der Waals surface area contributed by atoms with Crippen LogP contribution in [0, 0.1) is 6.92 Å². The van der Waals surface area contributed by atoms with E-state index >= 15 is 0 Å². The number of nitrogens with zero attached hydrogens (tertiary/aromatic N) is 2. The Bertz CT molecular complexity index is 1030. The average Bonchev–Trinajstić information content (AvgIpc) is 2.91. The van der Waals surface area contributed by atoms with Gasteiger partial charge in [0.2, 0.25) is 0 Å². The number of hydrogen-bond donors (Lipinski definition) is 0. The van der Waals surface area contributed by atoms with Crippen molar-refractivity contribution in [1.29, 1.82) is 0 Å². The number of carbonyl (C=O) groups excluding carboxylic acids is 1. The number of carbonyl (C=O) groups is 1. The van der Waals surface area contributed by atoms with Crippen molar-refractivity contribution in [3.63, 3.8) is 0 Å². The van der Waals surface area contributed by atoms with Gasteiger partial charge in [0, 0.05) is 29.0 Å². The Balaban J connectivity index is 2.00. The quantitative estimate of drug-likeness (QED) is 0.534. The van der Waals surface area contributed by atoms with Gasteiger partial charge in [-0.15, -0.1) is 0 Å². The van der Waals surface area contributed by atoms with E-state index < -0.39 is 0 Å². The van der Waals surface area contributed by atoms with E-state index in [9.17, 15) is 9.59 Å². The summed E-state index contributed by atoms with van der Waals surface area (Å²) in [5.41, 5.74) is 5.00. The number of Topliss-reactive ketones (excluding diaryl/α,β-unsaturated/α-hetero) is 1. The summed E-state index contributed by atoms with van der Waals surface area (Å²) in [7, 11) is 0. The standard InChI is InChI=1S/C19H16N2O2/c1-3-17(22)12-8-16-19-13(10-21(16)18(23)9-12)7-14-11(2)5-4-6-15(14)20-19/h4-9H,3,10H2,1-2H3. The SMILES string of the molecule is CCC(=O)c1cc2n(c(=O)c1)Cc1cc3c(C)cccc3nc1-2. The van der Waals surface area contributed by atoms with Gasteiger partial charge in [0.25, 0.3) is 5.56 Å². The van der Waals surface area contributed by atoms with Gasteiger partial charge in [-0.25, -0.2) is 4.98 Å². The zero-order valence-corrected chi connectivity index (χ0v) is 13.1. The highest BCUT2D eigenvalue weighted by atomic mass is 16.1. The number of aryl methyl sites for hydroxylation is 1. The summed E-state index contributed by atoms with van der Waals surface area (Å²) in [6.45, 7) is 4.37. The maximum Gasteiger partial charge on any atom is 0.252 e. The van der Waals surface area contributed by atoms with Crippen molar-refractivity contribution in [2.45, 2.75) is 26.8 Å². The molecule has 0 saturated heterocycles. The molecule has 0 aliphatic carbocycles. The van der Waals surface area contributed by atoms with Crippen molar-refractivity contribution >= 4 is 16.7 Å². The molecule has 1 aliphatic rings. The van der Waals surface area contributed by atoms with Crippen molar-refractivity contribution in [2.75, 3.05) is 0 Å². The van der Waals surface area contributed by atoms with Crippen molar-refractivity contribution < 1.29 is 4.79 Å². The Morgan fingerprint density at radius 2 is 2.09 bits per heavy atom. The van der Waals surface area contributed by atoms with Gasteiger partial charge in [0.05, 0.1) is 23.4 Å². The lowest BCUT2D eigenvalue weighted by molar-refractivity contribution is 0.0988. The molecule has 0 amide bonds. The largest absolute Gasteiger partial charge is 0.302 e. The summed E-state index contributed by atoms with van der Waals surface area (Å²) in [5, 5.41) is 1.11. The van der Waals surface area contributed by atoms with Crippen LogP contribution in [-0.4, -0.2) is 15.3 Å². The molecule has 2 aromatic heterocycles. The van der Waals surface area contributed by atoms with Gasteiger partial charge in [-0.05, 0) is 30.7 Å². The van der Waals surface area contributed by atoms with Gasteiger partial charge in [0.1, 0.15) is 0 Å². The van der Waals surface area contributed by atoms with E-state index in [1.165, 1.54) is 11.6 Å². The molecule has 0 N–H and O–H groups in total. The number of hydrogen-bond acceptors (Lipinski definition) is 3. The molecular formula is C19H16N2O2. The fraction of sp³-hybridized carbons (Fsp3) is 0.211. The van der Waals surface area contributed by atoms with E-state index in [0.717, 1.165) is 27.9 Å². The van der Waals surface area contributed by atoms with Crippen molar-refractivity contribution in [1.82, 2.24) is 9.55 Å². The van der Waals surface area contributed by atoms with Crippen LogP contribution in [0.3, 0.4) is 0 Å². The Kier molecular flexibility index (Phi) is 2.94. The first kappa shape index (κ1) is 13.9. The van der Waals surface area contributed by atoms with Gasteiger partial charge >= 0.3 is 0 Å². The lowest BCUT2D eigenvalue weighted by atomic mass is 10.0. The van der Waals surface area contributed by atoms with E-state index in [2.05, 4.69) is 19.1 Å². The van der Waals surface area contributed by atoms with Crippen LogP contribution in [0.25, 0.3) is 22.3 Å². The zero-order chi connectivity index (χ0) is 16.1. The topological polar surface area (TPSA) is 52.0 Å². The molecule has 0 radical (unpaired) electrons. The molecule has 23 heavy (non-hydrogen) atoms. The number of ketones is 1. The van der Waals surface area contributed by atoms with E-state index in [-0.39, 0.29) is 11.3 Å². The minimum atomic E-state index is -0.141. The molecule has 0 atom stereocenters. The van der Waals surface area contributed by atoms with Gasteiger partial charge < -0.3 is 4.57 Å². The summed E-state index contributed by atoms with van der Waals surface area (Å²) in [6.07, 6.45) is 0.389. The summed E-state index contributed by atoms with van der Waals surface area (Å²) >= 11 is 0. The molecular weight excluding hydrogens is 288 g/mol. The first-order valence-corrected chi connectivity index (χ1v) is 7.76. The molecule has 1 aromatic carbocycles. The highest BCUT2D eigenvalue weighted by molar-refractivity contribution is 5.97. The Hall–Kier alpha value is -2.75. The highest BCUT2D eigenvalue weighted by Crippen LogP contribution is 2.32. The van der Waals surface area contributed by atoms with Crippen LogP contribution in [0.4, 0.5) is 0 Å². The lowest BCUT2D eigenvalue weighted by Gasteiger charge is -2.06. The maximum absolute atomic E-state index is 12.4. The second kappa shape index (κ2) is 4.88. The number of benzene rings is 1. The fourth-order valence-corrected chi connectivity index (χ4v) is 3.22. The second-order valence-corrected chi connectivity index (χ2v) is 5.97. The summed E-state index contributed by atoms with van der Waals surface area (Å²) in [5.74, 6) is -0.0180. The number of pyridine rings is 2. The Morgan fingerprint density at radius 1 is 1.26 bits per heavy atom. The fourth-order valence-electron chi connectivity index (χ4n) is 3.22. The third-order valence-corrected chi connectivity index (χ3v) is 4.50. The average molecular weight is 304 g/mol. The molecule has 0 unspecified atom stereocenters. The van der Waals surface area contributed by atoms with Crippen molar-refractivity contribution in [3.05, 3.63) is 63.4 Å². The van der Waals surface area contributed by atoms with Crippen LogP contribution in [-0.2, 0) is 6.54 Å². The first-order valence-electron chi connectivity index (χ1n) is 7.76. The predicted octanol–water partition coefficient (Wildman–Crippen LogP) is 3.33. The monoisotopic (exact) mass is 304 g/mol. The predicted molar refractivity (Wildman–Crippen MR) is 89.9 cm³/mol. The molecule has 0 bridgehead atoms. The van der Waals surface area contributed by atoms with E-state index in [1.807, 2.05) is 12.1 Å². The Morgan fingerprint density at radius 3 is 2.87 bits per heavy atom. The van der Waals surface area contributed by atoms with Crippen molar-refractivity contribution in [2.24, 2.45) is 0 Å². The van der Waals surface area contributed by atoms with Crippen molar-refractivity contribution in [3.8, 4) is 11.4 Å². The number of fused-ring (bicyclic) bond motifs is 4. The molecule has 4 rings (SSSR count). The minimum Gasteiger partial charge on any atom is -0.302 e. The van der Waals surface area contributed by atoms with Crippen LogP contribution < -0.4 is 5.56 Å². The van der Waals surface area contributed by atoms with Crippen LogP contribution in [0.1, 0.15) is 34.8 Å². The Labute approximate surface area is 133 Å². The smallest absolute Gasteiger partial charge is 0.252 e.